The third-order valence-corrected chi connectivity index (χ3v) is 5.56. The van der Waals surface area contributed by atoms with Gasteiger partial charge in [-0.1, -0.05) is 45.7 Å². The lowest BCUT2D eigenvalue weighted by Gasteiger charge is -2.13. The summed E-state index contributed by atoms with van der Waals surface area (Å²) in [5.74, 6) is 0.927. The minimum Gasteiger partial charge on any atom is -0.493 e. The first kappa shape index (κ1) is 22.6. The molecule has 0 aliphatic rings. The van der Waals surface area contributed by atoms with Crippen molar-refractivity contribution in [2.45, 2.75) is 6.61 Å². The van der Waals surface area contributed by atoms with E-state index in [9.17, 15) is 4.79 Å². The largest absolute Gasteiger partial charge is 0.493 e. The number of carbonyl (C=O) groups excluding carboxylic acids is 1. The van der Waals surface area contributed by atoms with Crippen LogP contribution in [0.25, 0.3) is 0 Å². The lowest BCUT2D eigenvalue weighted by molar-refractivity contribution is 0.0955. The predicted molar refractivity (Wildman–Crippen MR) is 131 cm³/mol. The molecule has 5 nitrogen and oxygen atoms in total. The Morgan fingerprint density at radius 3 is 2.67 bits per heavy atom. The van der Waals surface area contributed by atoms with Gasteiger partial charge in [0.25, 0.3) is 5.91 Å². The molecule has 3 aromatic carbocycles. The Hall–Kier alpha value is -2.10. The van der Waals surface area contributed by atoms with E-state index in [2.05, 4.69) is 49.0 Å². The van der Waals surface area contributed by atoms with Gasteiger partial charge in [0.15, 0.2) is 11.5 Å². The number of methoxy groups -OCH3 is 1. The summed E-state index contributed by atoms with van der Waals surface area (Å²) in [4.78, 5) is 12.2. The Kier molecular flexibility index (Phi) is 8.12. The summed E-state index contributed by atoms with van der Waals surface area (Å²) in [5.41, 5.74) is 4.80. The fourth-order valence-corrected chi connectivity index (χ4v) is 3.86. The van der Waals surface area contributed by atoms with Crippen molar-refractivity contribution >= 4 is 62.2 Å². The van der Waals surface area contributed by atoms with E-state index in [-0.39, 0.29) is 5.91 Å². The molecule has 0 aliphatic carbocycles. The number of halogens is 3. The normalized spacial score (nSPS) is 10.8. The first-order valence-electron chi connectivity index (χ1n) is 8.80. The molecule has 1 N–H and O–H groups in total. The van der Waals surface area contributed by atoms with Crippen molar-refractivity contribution in [1.82, 2.24) is 5.43 Å². The van der Waals surface area contributed by atoms with Gasteiger partial charge in [0, 0.05) is 15.1 Å². The summed E-state index contributed by atoms with van der Waals surface area (Å²) in [6.07, 6.45) is 1.56. The van der Waals surface area contributed by atoms with E-state index in [1.54, 1.807) is 37.6 Å². The molecule has 0 aliphatic heterocycles. The number of hydrogen-bond acceptors (Lipinski definition) is 4. The van der Waals surface area contributed by atoms with Crippen molar-refractivity contribution < 1.29 is 14.3 Å². The molecule has 3 rings (SSSR count). The predicted octanol–water partition coefficient (Wildman–Crippen LogP) is 6.06. The molecule has 0 radical (unpaired) electrons. The molecule has 1 amide bonds. The molecule has 0 unspecified atom stereocenters. The molecule has 0 aromatic heterocycles. The summed E-state index contributed by atoms with van der Waals surface area (Å²) < 4.78 is 13.1. The third kappa shape index (κ3) is 6.20. The van der Waals surface area contributed by atoms with Gasteiger partial charge in [0.05, 0.1) is 16.9 Å². The number of ether oxygens (including phenoxy) is 2. The minimum absolute atomic E-state index is 0.294. The van der Waals surface area contributed by atoms with Crippen molar-refractivity contribution in [2.24, 2.45) is 5.10 Å². The van der Waals surface area contributed by atoms with E-state index >= 15 is 0 Å². The van der Waals surface area contributed by atoms with Gasteiger partial charge in [-0.3, -0.25) is 4.79 Å². The van der Waals surface area contributed by atoms with Gasteiger partial charge < -0.3 is 9.47 Å². The highest BCUT2D eigenvalue weighted by atomic mass is 127. The van der Waals surface area contributed by atoms with E-state index in [1.165, 1.54) is 0 Å². The van der Waals surface area contributed by atoms with Crippen molar-refractivity contribution in [1.29, 1.82) is 0 Å². The molecule has 3 aromatic rings. The number of carbonyl (C=O) groups is 1. The molecule has 0 atom stereocenters. The molecule has 0 fully saturated rings. The number of nitrogens with one attached hydrogen (secondary N) is 1. The molecule has 30 heavy (non-hydrogen) atoms. The monoisotopic (exact) mass is 598 g/mol. The lowest BCUT2D eigenvalue weighted by Crippen LogP contribution is -2.17. The smallest absolute Gasteiger partial charge is 0.271 e. The van der Waals surface area contributed by atoms with Crippen LogP contribution < -0.4 is 14.9 Å². The number of nitrogens with zero attached hydrogens (tertiary/aromatic N) is 1. The van der Waals surface area contributed by atoms with Gasteiger partial charge in [0.2, 0.25) is 0 Å². The summed E-state index contributed by atoms with van der Waals surface area (Å²) in [7, 11) is 1.58. The average Bonchev–Trinajstić information content (AvgIpc) is 2.73. The number of benzene rings is 3. The Morgan fingerprint density at radius 1 is 1.20 bits per heavy atom. The quantitative estimate of drug-likeness (QED) is 0.204. The van der Waals surface area contributed by atoms with Crippen LogP contribution in [-0.2, 0) is 6.61 Å². The van der Waals surface area contributed by atoms with E-state index in [1.807, 2.05) is 36.4 Å². The molecular weight excluding hydrogens is 583 g/mol. The van der Waals surface area contributed by atoms with Crippen LogP contribution in [0.4, 0.5) is 0 Å². The van der Waals surface area contributed by atoms with Crippen molar-refractivity contribution in [3.8, 4) is 11.5 Å². The second-order valence-corrected chi connectivity index (χ2v) is 8.67. The Morgan fingerprint density at radius 2 is 1.97 bits per heavy atom. The van der Waals surface area contributed by atoms with Crippen LogP contribution in [0.1, 0.15) is 21.5 Å². The standard InChI is InChI=1S/C22H17BrClIN2O3/c1-29-20-10-15(12-26-27-22(28)16-3-2-4-17(23)11-16)9-19(25)21(20)30-13-14-5-7-18(24)8-6-14/h2-12H,13H2,1H3,(H,27,28)/b26-12-. The molecule has 0 spiro atoms. The van der Waals surface area contributed by atoms with Gasteiger partial charge in [0.1, 0.15) is 6.61 Å². The molecular formula is C22H17BrClIN2O3. The van der Waals surface area contributed by atoms with Crippen molar-refractivity contribution in [2.75, 3.05) is 7.11 Å². The first-order valence-corrected chi connectivity index (χ1v) is 11.0. The maximum absolute atomic E-state index is 12.2. The van der Waals surface area contributed by atoms with Gasteiger partial charge in [-0.05, 0) is 76.2 Å². The number of rotatable bonds is 7. The number of hydrazone groups is 1. The van der Waals surface area contributed by atoms with Crippen LogP contribution in [0.5, 0.6) is 11.5 Å². The Bertz CT molecular complexity index is 1070. The van der Waals surface area contributed by atoms with Crippen molar-refractivity contribution in [3.05, 3.63) is 90.4 Å². The van der Waals surface area contributed by atoms with Crippen LogP contribution in [0.3, 0.4) is 0 Å². The molecule has 8 heteroatoms. The first-order chi connectivity index (χ1) is 14.5. The van der Waals surface area contributed by atoms with Gasteiger partial charge >= 0.3 is 0 Å². The van der Waals surface area contributed by atoms with Crippen LogP contribution >= 0.6 is 50.1 Å². The van der Waals surface area contributed by atoms with Crippen LogP contribution in [0, 0.1) is 3.57 Å². The van der Waals surface area contributed by atoms with E-state index < -0.39 is 0 Å². The zero-order chi connectivity index (χ0) is 21.5. The second-order valence-electron chi connectivity index (χ2n) is 6.16. The van der Waals surface area contributed by atoms with Gasteiger partial charge in [-0.15, -0.1) is 0 Å². The summed E-state index contributed by atoms with van der Waals surface area (Å²) in [6, 6.07) is 18.3. The Balaban J connectivity index is 1.69. The van der Waals surface area contributed by atoms with E-state index in [4.69, 9.17) is 21.1 Å². The van der Waals surface area contributed by atoms with Gasteiger partial charge in [-0.2, -0.15) is 5.10 Å². The van der Waals surface area contributed by atoms with Crippen molar-refractivity contribution in [3.63, 3.8) is 0 Å². The zero-order valence-electron chi connectivity index (χ0n) is 15.9. The molecule has 154 valence electrons. The van der Waals surface area contributed by atoms with Gasteiger partial charge in [-0.25, -0.2) is 5.43 Å². The van der Waals surface area contributed by atoms with Crippen LogP contribution in [0.2, 0.25) is 5.02 Å². The summed E-state index contributed by atoms with van der Waals surface area (Å²) >= 11 is 11.4. The summed E-state index contributed by atoms with van der Waals surface area (Å²) in [5, 5.41) is 4.73. The molecule has 0 saturated heterocycles. The van der Waals surface area contributed by atoms with E-state index in [0.717, 1.165) is 19.2 Å². The van der Waals surface area contributed by atoms with E-state index in [0.29, 0.717) is 28.7 Å². The second kappa shape index (κ2) is 10.8. The fourth-order valence-electron chi connectivity index (χ4n) is 2.55. The highest BCUT2D eigenvalue weighted by molar-refractivity contribution is 14.1. The maximum Gasteiger partial charge on any atom is 0.271 e. The zero-order valence-corrected chi connectivity index (χ0v) is 20.4. The highest BCUT2D eigenvalue weighted by Gasteiger charge is 2.12. The molecule has 0 saturated carbocycles. The minimum atomic E-state index is -0.294. The lowest BCUT2D eigenvalue weighted by atomic mass is 10.2. The molecule has 0 bridgehead atoms. The topological polar surface area (TPSA) is 59.9 Å². The van der Waals surface area contributed by atoms with Crippen LogP contribution in [0.15, 0.2) is 70.2 Å². The third-order valence-electron chi connectivity index (χ3n) is 4.01. The Labute approximate surface area is 201 Å². The number of amides is 1. The average molecular weight is 600 g/mol. The maximum atomic E-state index is 12.2. The number of hydrogen-bond donors (Lipinski definition) is 1. The summed E-state index contributed by atoms with van der Waals surface area (Å²) in [6.45, 7) is 0.389. The fraction of sp³-hybridized carbons (Fsp3) is 0.0909. The SMILES string of the molecule is COc1cc(/C=N\NC(=O)c2cccc(Br)c2)cc(I)c1OCc1ccc(Cl)cc1. The highest BCUT2D eigenvalue weighted by Crippen LogP contribution is 2.34. The molecule has 0 heterocycles. The van der Waals surface area contributed by atoms with Crippen LogP contribution in [-0.4, -0.2) is 19.2 Å².